The van der Waals surface area contributed by atoms with Gasteiger partial charge in [-0.15, -0.1) is 11.3 Å². The molecule has 0 radical (unpaired) electrons. The van der Waals surface area contributed by atoms with Crippen molar-refractivity contribution in [3.8, 4) is 11.5 Å². The van der Waals surface area contributed by atoms with Crippen molar-refractivity contribution in [1.82, 2.24) is 9.21 Å². The van der Waals surface area contributed by atoms with E-state index >= 15 is 0 Å². The van der Waals surface area contributed by atoms with Crippen LogP contribution in [0.15, 0.2) is 23.6 Å². The highest BCUT2D eigenvalue weighted by Crippen LogP contribution is 2.41. The van der Waals surface area contributed by atoms with Crippen LogP contribution < -0.4 is 14.8 Å². The average Bonchev–Trinajstić information content (AvgIpc) is 3.25. The number of benzene rings is 1. The highest BCUT2D eigenvalue weighted by molar-refractivity contribution is 7.89. The second-order valence-electron chi connectivity index (χ2n) is 7.44. The number of sulfonamides is 1. The van der Waals surface area contributed by atoms with Crippen molar-refractivity contribution < 1.29 is 32.3 Å². The first-order valence-electron chi connectivity index (χ1n) is 9.99. The Morgan fingerprint density at radius 3 is 2.48 bits per heavy atom. The number of amides is 3. The maximum atomic E-state index is 13.4. The van der Waals surface area contributed by atoms with Gasteiger partial charge in [0.05, 0.1) is 36.6 Å². The van der Waals surface area contributed by atoms with Crippen molar-refractivity contribution in [2.45, 2.75) is 19.9 Å². The minimum Gasteiger partial charge on any atom is -0.493 e. The third-order valence-corrected chi connectivity index (χ3v) is 7.82. The molecule has 0 bridgehead atoms. The standard InChI is InChI=1S/C21H25N3O7S2/c1-6-31-17-9-13(7-8-16(17)30-5)15(11-33(28,29)23(3)4)24-20(26)14-10-32-19(22-12(2)25)18(14)21(24)27/h7-10,15H,6,11H2,1-5H3,(H,22,25). The van der Waals surface area contributed by atoms with E-state index in [4.69, 9.17) is 9.47 Å². The molecule has 0 fully saturated rings. The van der Waals surface area contributed by atoms with Gasteiger partial charge in [0.15, 0.2) is 11.5 Å². The number of hydrogen-bond acceptors (Lipinski definition) is 8. The molecule has 1 aromatic carbocycles. The molecule has 3 amide bonds. The van der Waals surface area contributed by atoms with Crippen LogP contribution in [0, 0.1) is 0 Å². The van der Waals surface area contributed by atoms with Crippen molar-refractivity contribution in [3.63, 3.8) is 0 Å². The number of fused-ring (bicyclic) bond motifs is 1. The van der Waals surface area contributed by atoms with Gasteiger partial charge in [0.1, 0.15) is 5.00 Å². The molecule has 10 nitrogen and oxygen atoms in total. The van der Waals surface area contributed by atoms with Crippen molar-refractivity contribution in [2.75, 3.05) is 38.9 Å². The molecule has 1 atom stereocenters. The zero-order valence-electron chi connectivity index (χ0n) is 18.9. The summed E-state index contributed by atoms with van der Waals surface area (Å²) < 4.78 is 37.5. The lowest BCUT2D eigenvalue weighted by Crippen LogP contribution is -2.40. The maximum Gasteiger partial charge on any atom is 0.265 e. The number of carbonyl (C=O) groups excluding carboxylic acids is 3. The van der Waals surface area contributed by atoms with Crippen LogP contribution in [-0.2, 0) is 14.8 Å². The summed E-state index contributed by atoms with van der Waals surface area (Å²) in [4.78, 5) is 39.1. The molecular formula is C21H25N3O7S2. The van der Waals surface area contributed by atoms with Crippen molar-refractivity contribution in [2.24, 2.45) is 0 Å². The van der Waals surface area contributed by atoms with Gasteiger partial charge < -0.3 is 14.8 Å². The third-order valence-electron chi connectivity index (χ3n) is 5.07. The van der Waals surface area contributed by atoms with E-state index in [1.165, 1.54) is 33.5 Å². The topological polar surface area (TPSA) is 122 Å². The van der Waals surface area contributed by atoms with Gasteiger partial charge in [0, 0.05) is 26.4 Å². The van der Waals surface area contributed by atoms with Gasteiger partial charge in [0.25, 0.3) is 11.8 Å². The van der Waals surface area contributed by atoms with Crippen LogP contribution in [0.25, 0.3) is 0 Å². The summed E-state index contributed by atoms with van der Waals surface area (Å²) in [5.74, 6) is -1.43. The lowest BCUT2D eigenvalue weighted by Gasteiger charge is -2.28. The number of hydrogen-bond donors (Lipinski definition) is 1. The molecule has 1 aliphatic rings. The van der Waals surface area contributed by atoms with Crippen LogP contribution >= 0.6 is 11.3 Å². The summed E-state index contributed by atoms with van der Waals surface area (Å²) in [6.07, 6.45) is 0. The maximum absolute atomic E-state index is 13.4. The molecule has 0 aliphatic carbocycles. The molecule has 3 rings (SSSR count). The van der Waals surface area contributed by atoms with Crippen LogP contribution in [0.2, 0.25) is 0 Å². The average molecular weight is 496 g/mol. The number of rotatable bonds is 9. The number of imide groups is 1. The van der Waals surface area contributed by atoms with Crippen molar-refractivity contribution >= 4 is 44.1 Å². The van der Waals surface area contributed by atoms with Crippen LogP contribution in [-0.4, -0.2) is 68.9 Å². The zero-order valence-corrected chi connectivity index (χ0v) is 20.5. The Hall–Kier alpha value is -2.96. The fourth-order valence-corrected chi connectivity index (χ4v) is 5.45. The lowest BCUT2D eigenvalue weighted by molar-refractivity contribution is -0.114. The number of ether oxygens (including phenoxy) is 2. The van der Waals surface area contributed by atoms with Gasteiger partial charge in [-0.3, -0.25) is 19.3 Å². The zero-order chi connectivity index (χ0) is 24.5. The smallest absolute Gasteiger partial charge is 0.265 e. The molecule has 12 heteroatoms. The molecule has 1 aromatic heterocycles. The van der Waals surface area contributed by atoms with Gasteiger partial charge in [-0.2, -0.15) is 0 Å². The van der Waals surface area contributed by atoms with Crippen LogP contribution in [0.5, 0.6) is 11.5 Å². The van der Waals surface area contributed by atoms with E-state index in [-0.39, 0.29) is 22.0 Å². The van der Waals surface area contributed by atoms with Gasteiger partial charge in [-0.1, -0.05) is 6.07 Å². The summed E-state index contributed by atoms with van der Waals surface area (Å²) in [5.41, 5.74) is 0.576. The second kappa shape index (κ2) is 9.49. The highest BCUT2D eigenvalue weighted by Gasteiger charge is 2.45. The highest BCUT2D eigenvalue weighted by atomic mass is 32.2. The summed E-state index contributed by atoms with van der Waals surface area (Å²) in [6, 6.07) is 3.63. The van der Waals surface area contributed by atoms with Crippen molar-refractivity contribution in [3.05, 3.63) is 40.3 Å². The number of thiophene rings is 1. The summed E-state index contributed by atoms with van der Waals surface area (Å²) in [5, 5.41) is 4.29. The lowest BCUT2D eigenvalue weighted by atomic mass is 10.1. The molecule has 2 heterocycles. The number of nitrogens with one attached hydrogen (secondary N) is 1. The van der Waals surface area contributed by atoms with Crippen LogP contribution in [0.1, 0.15) is 46.2 Å². The third kappa shape index (κ3) is 4.72. The number of anilines is 1. The SMILES string of the molecule is CCOc1cc(C(CS(=O)(=O)N(C)C)N2C(=O)c3csc(NC(C)=O)c3C2=O)ccc1OC. The minimum absolute atomic E-state index is 0.0611. The molecule has 2 aromatic rings. The monoisotopic (exact) mass is 495 g/mol. The Kier molecular flexibility index (Phi) is 7.10. The van der Waals surface area contributed by atoms with Gasteiger partial charge in [0.2, 0.25) is 15.9 Å². The predicted octanol–water partition coefficient (Wildman–Crippen LogP) is 2.34. The first kappa shape index (κ1) is 24.7. The van der Waals surface area contributed by atoms with E-state index in [2.05, 4.69) is 5.32 Å². The fourth-order valence-electron chi connectivity index (χ4n) is 3.44. The minimum atomic E-state index is -3.82. The Morgan fingerprint density at radius 2 is 1.91 bits per heavy atom. The fraction of sp³-hybridized carbons (Fsp3) is 0.381. The van der Waals surface area contributed by atoms with Crippen LogP contribution in [0.4, 0.5) is 5.00 Å². The van der Waals surface area contributed by atoms with Gasteiger partial charge in [-0.25, -0.2) is 12.7 Å². The Balaban J connectivity index is 2.12. The van der Waals surface area contributed by atoms with Crippen molar-refractivity contribution in [1.29, 1.82) is 0 Å². The van der Waals surface area contributed by atoms with E-state index < -0.39 is 33.6 Å². The van der Waals surface area contributed by atoms with E-state index in [9.17, 15) is 22.8 Å². The molecule has 1 N–H and O–H groups in total. The quantitative estimate of drug-likeness (QED) is 0.530. The number of carbonyl (C=O) groups is 3. The Bertz CT molecular complexity index is 1200. The molecule has 1 aliphatic heterocycles. The summed E-state index contributed by atoms with van der Waals surface area (Å²) in [7, 11) is 0.410. The largest absolute Gasteiger partial charge is 0.493 e. The van der Waals surface area contributed by atoms with E-state index in [1.54, 1.807) is 25.1 Å². The number of nitrogens with zero attached hydrogens (tertiary/aromatic N) is 2. The van der Waals surface area contributed by atoms with Gasteiger partial charge in [-0.05, 0) is 24.6 Å². The van der Waals surface area contributed by atoms with E-state index in [0.717, 1.165) is 20.5 Å². The Morgan fingerprint density at radius 1 is 1.21 bits per heavy atom. The molecule has 0 saturated carbocycles. The first-order chi connectivity index (χ1) is 15.5. The molecule has 33 heavy (non-hydrogen) atoms. The van der Waals surface area contributed by atoms with Crippen LogP contribution in [0.3, 0.4) is 0 Å². The normalized spacial score (nSPS) is 14.4. The molecule has 0 spiro atoms. The first-order valence-corrected chi connectivity index (χ1v) is 12.5. The van der Waals surface area contributed by atoms with E-state index in [0.29, 0.717) is 23.7 Å². The predicted molar refractivity (Wildman–Crippen MR) is 124 cm³/mol. The molecule has 1 unspecified atom stereocenters. The summed E-state index contributed by atoms with van der Waals surface area (Å²) in [6.45, 7) is 3.41. The van der Waals surface area contributed by atoms with Gasteiger partial charge >= 0.3 is 0 Å². The molecule has 0 saturated heterocycles. The molecular weight excluding hydrogens is 470 g/mol. The second-order valence-corrected chi connectivity index (χ2v) is 10.5. The Labute approximate surface area is 196 Å². The molecule has 178 valence electrons. The summed E-state index contributed by atoms with van der Waals surface area (Å²) >= 11 is 1.07. The van der Waals surface area contributed by atoms with E-state index in [1.807, 2.05) is 0 Å². The number of methoxy groups -OCH3 is 1.